The lowest BCUT2D eigenvalue weighted by molar-refractivity contribution is 0.586. The molecule has 3 N–H and O–H groups in total. The lowest BCUT2D eigenvalue weighted by Crippen LogP contribution is -2.04. The number of hydrogen-bond acceptors (Lipinski definition) is 5. The van der Waals surface area contributed by atoms with Crippen LogP contribution in [0.5, 0.6) is 0 Å². The molecule has 0 aliphatic heterocycles. The number of H-pyrrole nitrogens is 1. The van der Waals surface area contributed by atoms with Gasteiger partial charge in [-0.2, -0.15) is 10.1 Å². The van der Waals surface area contributed by atoms with Gasteiger partial charge >= 0.3 is 0 Å². The molecule has 1 aliphatic carbocycles. The number of aromatic amines is 1. The van der Waals surface area contributed by atoms with E-state index >= 15 is 0 Å². The minimum Gasteiger partial charge on any atom is -0.323 e. The van der Waals surface area contributed by atoms with Gasteiger partial charge in [0.15, 0.2) is 5.82 Å². The molecule has 2 heterocycles. The van der Waals surface area contributed by atoms with Gasteiger partial charge in [0.1, 0.15) is 23.3 Å². The molecule has 29 heavy (non-hydrogen) atoms. The normalized spacial score (nSPS) is 13.6. The summed E-state index contributed by atoms with van der Waals surface area (Å²) in [5, 5.41) is 13.6. The fourth-order valence-electron chi connectivity index (χ4n) is 3.09. The van der Waals surface area contributed by atoms with Crippen molar-refractivity contribution in [2.45, 2.75) is 18.8 Å². The summed E-state index contributed by atoms with van der Waals surface area (Å²) in [5.74, 6) is -0.450. The molecule has 2 aromatic carbocycles. The predicted octanol–water partition coefficient (Wildman–Crippen LogP) is 5.13. The number of nitrogens with zero attached hydrogens (tertiary/aromatic N) is 3. The Hall–Kier alpha value is -3.62. The molecule has 2 aromatic heterocycles. The average molecular weight is 396 g/mol. The van der Waals surface area contributed by atoms with E-state index in [4.69, 9.17) is 0 Å². The van der Waals surface area contributed by atoms with Gasteiger partial charge in [0.25, 0.3) is 0 Å². The van der Waals surface area contributed by atoms with E-state index in [0.29, 0.717) is 28.5 Å². The predicted molar refractivity (Wildman–Crippen MR) is 103 cm³/mol. The van der Waals surface area contributed by atoms with Gasteiger partial charge in [0.05, 0.1) is 11.2 Å². The Morgan fingerprint density at radius 1 is 0.897 bits per heavy atom. The number of rotatable bonds is 5. The lowest BCUT2D eigenvalue weighted by Gasteiger charge is -2.11. The van der Waals surface area contributed by atoms with Crippen LogP contribution in [0.4, 0.5) is 36.4 Å². The molecule has 0 atom stereocenters. The summed E-state index contributed by atoms with van der Waals surface area (Å²) in [6.45, 7) is 0. The zero-order valence-corrected chi connectivity index (χ0v) is 15.0. The molecule has 0 bridgehead atoms. The van der Waals surface area contributed by atoms with E-state index in [2.05, 4.69) is 30.8 Å². The van der Waals surface area contributed by atoms with Crippen LogP contribution in [0, 0.1) is 17.5 Å². The molecule has 1 fully saturated rings. The SMILES string of the molecule is Fc1ccc(Nc2nc(Nc3cc(C4CC4)[nH]n3)c3ccc(F)cc3n2)c(F)c1. The van der Waals surface area contributed by atoms with Crippen molar-refractivity contribution in [2.75, 3.05) is 10.6 Å². The molecule has 0 radical (unpaired) electrons. The molecule has 9 heteroatoms. The van der Waals surface area contributed by atoms with Gasteiger partial charge in [0.2, 0.25) is 5.95 Å². The maximum atomic E-state index is 14.0. The maximum absolute atomic E-state index is 14.0. The summed E-state index contributed by atoms with van der Waals surface area (Å²) < 4.78 is 40.9. The lowest BCUT2D eigenvalue weighted by atomic mass is 10.2. The Balaban J connectivity index is 1.53. The second-order valence-electron chi connectivity index (χ2n) is 6.91. The van der Waals surface area contributed by atoms with Gasteiger partial charge in [-0.25, -0.2) is 18.2 Å². The highest BCUT2D eigenvalue weighted by molar-refractivity contribution is 5.91. The van der Waals surface area contributed by atoms with E-state index in [9.17, 15) is 13.2 Å². The van der Waals surface area contributed by atoms with Crippen LogP contribution in [0.15, 0.2) is 42.5 Å². The highest BCUT2D eigenvalue weighted by Gasteiger charge is 2.25. The topological polar surface area (TPSA) is 78.5 Å². The number of halogens is 3. The third kappa shape index (κ3) is 3.58. The molecule has 0 saturated heterocycles. The first-order valence-electron chi connectivity index (χ1n) is 9.07. The van der Waals surface area contributed by atoms with Gasteiger partial charge in [-0.3, -0.25) is 5.10 Å². The zero-order chi connectivity index (χ0) is 20.0. The van der Waals surface area contributed by atoms with Gasteiger partial charge in [0, 0.05) is 35.2 Å². The van der Waals surface area contributed by atoms with Crippen molar-refractivity contribution in [2.24, 2.45) is 0 Å². The summed E-state index contributed by atoms with van der Waals surface area (Å²) >= 11 is 0. The molecule has 6 nitrogen and oxygen atoms in total. The number of nitrogens with one attached hydrogen (secondary N) is 3. The van der Waals surface area contributed by atoms with Crippen molar-refractivity contribution in [3.8, 4) is 0 Å². The molecular formula is C20H15F3N6. The molecule has 0 spiro atoms. The van der Waals surface area contributed by atoms with E-state index in [1.165, 1.54) is 18.2 Å². The van der Waals surface area contributed by atoms with Gasteiger partial charge in [-0.05, 0) is 37.1 Å². The van der Waals surface area contributed by atoms with Crippen LogP contribution in [0.3, 0.4) is 0 Å². The molecule has 1 saturated carbocycles. The summed E-state index contributed by atoms with van der Waals surface area (Å²) in [6, 6.07) is 9.15. The van der Waals surface area contributed by atoms with Crippen LogP contribution < -0.4 is 10.6 Å². The summed E-state index contributed by atoms with van der Waals surface area (Å²) in [5.41, 5.74) is 1.37. The van der Waals surface area contributed by atoms with Crippen LogP contribution in [0.25, 0.3) is 10.9 Å². The van der Waals surface area contributed by atoms with Gasteiger partial charge in [-0.15, -0.1) is 0 Å². The largest absolute Gasteiger partial charge is 0.323 e. The second-order valence-corrected chi connectivity index (χ2v) is 6.91. The first-order valence-corrected chi connectivity index (χ1v) is 9.07. The van der Waals surface area contributed by atoms with Crippen molar-refractivity contribution in [3.05, 3.63) is 65.6 Å². The fraction of sp³-hybridized carbons (Fsp3) is 0.150. The highest BCUT2D eigenvalue weighted by atomic mass is 19.1. The third-order valence-electron chi connectivity index (χ3n) is 4.70. The molecule has 0 amide bonds. The van der Waals surface area contributed by atoms with Crippen molar-refractivity contribution >= 4 is 34.2 Å². The van der Waals surface area contributed by atoms with E-state index in [0.717, 1.165) is 30.7 Å². The molecular weight excluding hydrogens is 381 g/mol. The number of aromatic nitrogens is 4. The minimum absolute atomic E-state index is 0.00360. The fourth-order valence-corrected chi connectivity index (χ4v) is 3.09. The number of hydrogen-bond donors (Lipinski definition) is 3. The van der Waals surface area contributed by atoms with E-state index in [1.54, 1.807) is 6.07 Å². The van der Waals surface area contributed by atoms with Crippen molar-refractivity contribution < 1.29 is 13.2 Å². The monoisotopic (exact) mass is 396 g/mol. The van der Waals surface area contributed by atoms with E-state index in [1.807, 2.05) is 6.07 Å². The molecule has 146 valence electrons. The molecule has 4 aromatic rings. The molecule has 1 aliphatic rings. The Labute approximate surface area is 163 Å². The first-order chi connectivity index (χ1) is 14.0. The first kappa shape index (κ1) is 17.5. The van der Waals surface area contributed by atoms with Gasteiger partial charge < -0.3 is 10.6 Å². The van der Waals surface area contributed by atoms with E-state index in [-0.39, 0.29) is 11.6 Å². The Bertz CT molecular complexity index is 1220. The standard InChI is InChI=1S/C20H15F3N6/c21-11-4-6-15(14(23)7-11)24-20-25-17-8-12(22)3-5-13(17)19(27-20)26-18-9-16(28-29-18)10-1-2-10/h3-10H,1-2H2,(H3,24,25,26,27,28,29). The number of fused-ring (bicyclic) bond motifs is 1. The van der Waals surface area contributed by atoms with Crippen molar-refractivity contribution in [1.29, 1.82) is 0 Å². The Morgan fingerprint density at radius 3 is 2.48 bits per heavy atom. The smallest absolute Gasteiger partial charge is 0.229 e. The Morgan fingerprint density at radius 2 is 1.69 bits per heavy atom. The second kappa shape index (κ2) is 6.77. The third-order valence-corrected chi connectivity index (χ3v) is 4.70. The summed E-state index contributed by atoms with van der Waals surface area (Å²) in [4.78, 5) is 8.63. The van der Waals surface area contributed by atoms with Crippen molar-refractivity contribution in [1.82, 2.24) is 20.2 Å². The van der Waals surface area contributed by atoms with Crippen LogP contribution in [-0.2, 0) is 0 Å². The van der Waals surface area contributed by atoms with Crippen LogP contribution >= 0.6 is 0 Å². The molecule has 5 rings (SSSR count). The van der Waals surface area contributed by atoms with Crippen molar-refractivity contribution in [3.63, 3.8) is 0 Å². The molecule has 0 unspecified atom stereocenters. The summed E-state index contributed by atoms with van der Waals surface area (Å²) in [7, 11) is 0. The maximum Gasteiger partial charge on any atom is 0.229 e. The Kier molecular flexibility index (Phi) is 4.08. The minimum atomic E-state index is -0.788. The zero-order valence-electron chi connectivity index (χ0n) is 15.0. The van der Waals surface area contributed by atoms with Gasteiger partial charge in [-0.1, -0.05) is 0 Å². The van der Waals surface area contributed by atoms with E-state index < -0.39 is 17.5 Å². The van der Waals surface area contributed by atoms with Crippen LogP contribution in [0.1, 0.15) is 24.5 Å². The number of anilines is 4. The number of benzene rings is 2. The van der Waals surface area contributed by atoms with Crippen LogP contribution in [0.2, 0.25) is 0 Å². The van der Waals surface area contributed by atoms with Crippen LogP contribution in [-0.4, -0.2) is 20.2 Å². The summed E-state index contributed by atoms with van der Waals surface area (Å²) in [6.07, 6.45) is 2.27. The highest BCUT2D eigenvalue weighted by Crippen LogP contribution is 2.40. The average Bonchev–Trinajstić information content (AvgIpc) is 3.43. The quantitative estimate of drug-likeness (QED) is 0.436.